The molecule has 1 aliphatic rings. The van der Waals surface area contributed by atoms with Gasteiger partial charge in [0.25, 0.3) is 0 Å². The van der Waals surface area contributed by atoms with Crippen LogP contribution in [0, 0.1) is 6.92 Å². The number of benzene rings is 1. The minimum atomic E-state index is 0.503. The van der Waals surface area contributed by atoms with Gasteiger partial charge in [0.1, 0.15) is 0 Å². The fourth-order valence-electron chi connectivity index (χ4n) is 2.46. The monoisotopic (exact) mass is 218 g/mol. The molecule has 0 aromatic heterocycles. The molecule has 0 bridgehead atoms. The summed E-state index contributed by atoms with van der Waals surface area (Å²) in [4.78, 5) is 4.97. The van der Waals surface area contributed by atoms with Crippen molar-refractivity contribution in [1.29, 1.82) is 0 Å². The van der Waals surface area contributed by atoms with E-state index in [9.17, 15) is 0 Å². The summed E-state index contributed by atoms with van der Waals surface area (Å²) < 4.78 is 0. The highest BCUT2D eigenvalue weighted by Gasteiger charge is 2.21. The van der Waals surface area contributed by atoms with Gasteiger partial charge < -0.3 is 4.90 Å². The molecule has 1 fully saturated rings. The maximum absolute atomic E-state index is 2.53. The van der Waals surface area contributed by atoms with E-state index in [0.29, 0.717) is 6.17 Å². The first-order valence-electron chi connectivity index (χ1n) is 6.22. The molecule has 0 amide bonds. The molecule has 1 saturated heterocycles. The lowest BCUT2D eigenvalue weighted by molar-refractivity contribution is 0.267. The zero-order valence-electron chi connectivity index (χ0n) is 10.6. The molecule has 1 unspecified atom stereocenters. The predicted octanol–water partition coefficient (Wildman–Crippen LogP) is 2.87. The summed E-state index contributed by atoms with van der Waals surface area (Å²) in [6.07, 6.45) is 3.11. The van der Waals surface area contributed by atoms with Crippen molar-refractivity contribution < 1.29 is 0 Å². The van der Waals surface area contributed by atoms with Crippen LogP contribution in [-0.2, 0) is 0 Å². The van der Waals surface area contributed by atoms with Crippen LogP contribution in [0.3, 0.4) is 0 Å². The summed E-state index contributed by atoms with van der Waals surface area (Å²) in [6.45, 7) is 6.89. The third-order valence-corrected chi connectivity index (χ3v) is 3.67. The Kier molecular flexibility index (Phi) is 3.49. The summed E-state index contributed by atoms with van der Waals surface area (Å²) in [7, 11) is 2.22. The van der Waals surface area contributed by atoms with E-state index in [2.05, 4.69) is 55.0 Å². The Balaban J connectivity index is 2.27. The molecular formula is C14H22N2. The summed E-state index contributed by atoms with van der Waals surface area (Å²) >= 11 is 0. The molecule has 0 saturated carbocycles. The van der Waals surface area contributed by atoms with Crippen LogP contribution < -0.4 is 4.90 Å². The van der Waals surface area contributed by atoms with Crippen molar-refractivity contribution in [3.05, 3.63) is 29.8 Å². The lowest BCUT2D eigenvalue weighted by Crippen LogP contribution is -2.43. The molecule has 1 heterocycles. The van der Waals surface area contributed by atoms with E-state index < -0.39 is 0 Å². The van der Waals surface area contributed by atoms with Crippen molar-refractivity contribution in [2.24, 2.45) is 0 Å². The molecule has 16 heavy (non-hydrogen) atoms. The molecule has 1 aliphatic heterocycles. The van der Waals surface area contributed by atoms with Crippen molar-refractivity contribution >= 4 is 5.69 Å². The first-order valence-corrected chi connectivity index (χ1v) is 6.22. The van der Waals surface area contributed by atoms with E-state index in [1.54, 1.807) is 0 Å². The first kappa shape index (κ1) is 11.5. The summed E-state index contributed by atoms with van der Waals surface area (Å²) in [5.41, 5.74) is 2.77. The fraction of sp³-hybridized carbons (Fsp3) is 0.571. The van der Waals surface area contributed by atoms with Crippen molar-refractivity contribution in [2.75, 3.05) is 25.0 Å². The third kappa shape index (κ3) is 2.22. The van der Waals surface area contributed by atoms with Crippen molar-refractivity contribution in [2.45, 2.75) is 32.9 Å². The summed E-state index contributed by atoms with van der Waals surface area (Å²) in [6, 6.07) is 8.70. The molecule has 0 radical (unpaired) electrons. The van der Waals surface area contributed by atoms with Gasteiger partial charge in [0.05, 0.1) is 6.17 Å². The molecule has 88 valence electrons. The van der Waals surface area contributed by atoms with E-state index in [1.807, 2.05) is 0 Å². The van der Waals surface area contributed by atoms with Crippen LogP contribution in [0.15, 0.2) is 24.3 Å². The van der Waals surface area contributed by atoms with E-state index in [1.165, 1.54) is 37.2 Å². The maximum Gasteiger partial charge on any atom is 0.0789 e. The lowest BCUT2D eigenvalue weighted by atomic mass is 10.1. The van der Waals surface area contributed by atoms with Crippen LogP contribution in [0.5, 0.6) is 0 Å². The minimum absolute atomic E-state index is 0.503. The fourth-order valence-corrected chi connectivity index (χ4v) is 2.46. The Morgan fingerprint density at radius 2 is 1.81 bits per heavy atom. The standard InChI is InChI=1S/C14H22N2/c1-12-8-4-5-9-14(12)16-11-7-6-10-15(3)13(16)2/h4-5,8-9,13H,6-7,10-11H2,1-3H3. The number of hydrogen-bond donors (Lipinski definition) is 0. The number of para-hydroxylation sites is 1. The quantitative estimate of drug-likeness (QED) is 0.715. The van der Waals surface area contributed by atoms with Gasteiger partial charge in [-0.3, -0.25) is 4.90 Å². The zero-order chi connectivity index (χ0) is 11.5. The number of hydrogen-bond acceptors (Lipinski definition) is 2. The Morgan fingerprint density at radius 1 is 1.12 bits per heavy atom. The van der Waals surface area contributed by atoms with E-state index in [4.69, 9.17) is 0 Å². The first-order chi connectivity index (χ1) is 7.70. The SMILES string of the molecule is Cc1ccccc1N1CCCCN(C)C1C. The van der Waals surface area contributed by atoms with Gasteiger partial charge in [-0.25, -0.2) is 0 Å². The van der Waals surface area contributed by atoms with Gasteiger partial charge in [0.2, 0.25) is 0 Å². The largest absolute Gasteiger partial charge is 0.356 e. The van der Waals surface area contributed by atoms with Gasteiger partial charge in [0, 0.05) is 12.2 Å². The van der Waals surface area contributed by atoms with Crippen LogP contribution >= 0.6 is 0 Å². The Labute approximate surface area is 98.9 Å². The molecule has 1 atom stereocenters. The number of nitrogens with zero attached hydrogens (tertiary/aromatic N) is 2. The van der Waals surface area contributed by atoms with Gasteiger partial charge in [-0.1, -0.05) is 18.2 Å². The zero-order valence-corrected chi connectivity index (χ0v) is 10.6. The average Bonchev–Trinajstić information content (AvgIpc) is 2.44. The topological polar surface area (TPSA) is 6.48 Å². The lowest BCUT2D eigenvalue weighted by Gasteiger charge is -2.35. The van der Waals surface area contributed by atoms with Gasteiger partial charge in [0.15, 0.2) is 0 Å². The van der Waals surface area contributed by atoms with Crippen molar-refractivity contribution in [3.63, 3.8) is 0 Å². The van der Waals surface area contributed by atoms with Crippen LogP contribution in [0.1, 0.15) is 25.3 Å². The minimum Gasteiger partial charge on any atom is -0.356 e. The highest BCUT2D eigenvalue weighted by Crippen LogP contribution is 2.24. The Morgan fingerprint density at radius 3 is 2.56 bits per heavy atom. The second-order valence-electron chi connectivity index (χ2n) is 4.80. The van der Waals surface area contributed by atoms with Gasteiger partial charge in [-0.2, -0.15) is 0 Å². The molecule has 2 rings (SSSR count). The second kappa shape index (κ2) is 4.88. The average molecular weight is 218 g/mol. The summed E-state index contributed by atoms with van der Waals surface area (Å²) in [5.74, 6) is 0. The van der Waals surface area contributed by atoms with Gasteiger partial charge in [-0.05, 0) is 51.9 Å². The van der Waals surface area contributed by atoms with Gasteiger partial charge in [-0.15, -0.1) is 0 Å². The normalized spacial score (nSPS) is 23.2. The predicted molar refractivity (Wildman–Crippen MR) is 69.9 cm³/mol. The maximum atomic E-state index is 2.53. The number of aryl methyl sites for hydroxylation is 1. The van der Waals surface area contributed by atoms with Crippen LogP contribution in [0.2, 0.25) is 0 Å². The third-order valence-electron chi connectivity index (χ3n) is 3.67. The Bertz CT molecular complexity index is 348. The van der Waals surface area contributed by atoms with Crippen molar-refractivity contribution in [1.82, 2.24) is 4.90 Å². The van der Waals surface area contributed by atoms with Crippen molar-refractivity contribution in [3.8, 4) is 0 Å². The van der Waals surface area contributed by atoms with E-state index in [0.717, 1.165) is 0 Å². The molecule has 0 aliphatic carbocycles. The second-order valence-corrected chi connectivity index (χ2v) is 4.80. The molecular weight excluding hydrogens is 196 g/mol. The molecule has 2 nitrogen and oxygen atoms in total. The van der Waals surface area contributed by atoms with Crippen LogP contribution in [0.4, 0.5) is 5.69 Å². The summed E-state index contributed by atoms with van der Waals surface area (Å²) in [5, 5.41) is 0. The van der Waals surface area contributed by atoms with Gasteiger partial charge >= 0.3 is 0 Å². The smallest absolute Gasteiger partial charge is 0.0789 e. The number of rotatable bonds is 1. The molecule has 2 heteroatoms. The number of anilines is 1. The van der Waals surface area contributed by atoms with E-state index >= 15 is 0 Å². The molecule has 1 aromatic rings. The van der Waals surface area contributed by atoms with Crippen LogP contribution in [-0.4, -0.2) is 31.2 Å². The van der Waals surface area contributed by atoms with E-state index in [-0.39, 0.29) is 0 Å². The Hall–Kier alpha value is -1.02. The molecule has 1 aromatic carbocycles. The van der Waals surface area contributed by atoms with Crippen LogP contribution in [0.25, 0.3) is 0 Å². The highest BCUT2D eigenvalue weighted by atomic mass is 15.3. The highest BCUT2D eigenvalue weighted by molar-refractivity contribution is 5.53. The molecule has 0 spiro atoms. The molecule has 0 N–H and O–H groups in total.